The molecule has 2 rings (SSSR count). The van der Waals surface area contributed by atoms with Gasteiger partial charge in [0.2, 0.25) is 4.77 Å². The second-order valence-electron chi connectivity index (χ2n) is 4.46. The number of hydrogen-bond acceptors (Lipinski definition) is 3. The van der Waals surface area contributed by atoms with Gasteiger partial charge in [-0.3, -0.25) is 9.89 Å². The van der Waals surface area contributed by atoms with Crippen molar-refractivity contribution in [2.45, 2.75) is 53.9 Å². The van der Waals surface area contributed by atoms with Crippen LogP contribution in [0.5, 0.6) is 0 Å². The molecule has 2 aromatic rings. The Hall–Kier alpha value is -1.43. The van der Waals surface area contributed by atoms with Crippen LogP contribution in [0.2, 0.25) is 0 Å². The largest absolute Gasteiger partial charge is 0.328 e. The molecule has 0 amide bonds. The topological polar surface area (TPSA) is 66.0 Å². The summed E-state index contributed by atoms with van der Waals surface area (Å²) in [5.41, 5.74) is 0.331. The van der Waals surface area contributed by atoms with Crippen molar-refractivity contribution in [3.05, 3.63) is 27.0 Å². The highest BCUT2D eigenvalue weighted by molar-refractivity contribution is 7.71. The van der Waals surface area contributed by atoms with E-state index in [1.807, 2.05) is 48.5 Å². The van der Waals surface area contributed by atoms with Crippen molar-refractivity contribution >= 4 is 17.9 Å². The second kappa shape index (κ2) is 7.23. The molecule has 5 nitrogen and oxygen atoms in total. The molecule has 2 aromatic heterocycles. The number of H-pyrrole nitrogens is 2. The molecular weight excluding hydrogens is 260 g/mol. The first kappa shape index (κ1) is 17.6. The van der Waals surface area contributed by atoms with E-state index in [4.69, 9.17) is 12.2 Å². The monoisotopic (exact) mass is 284 g/mol. The number of hydrogen-bond donors (Lipinski definition) is 2. The Morgan fingerprint density at radius 2 is 1.74 bits per heavy atom. The number of nitrogens with zero attached hydrogens (tertiary/aromatic N) is 2. The maximum atomic E-state index is 11.1. The van der Waals surface area contributed by atoms with Crippen LogP contribution in [0, 0.1) is 4.77 Å². The Bertz CT molecular complexity index is 616. The average Bonchev–Trinajstić information content (AvgIpc) is 2.74. The van der Waals surface area contributed by atoms with E-state index in [1.54, 1.807) is 0 Å². The number of rotatable bonds is 0. The predicted molar refractivity (Wildman–Crippen MR) is 82.4 cm³/mol. The normalized spacial score (nSPS) is 10.3. The molecule has 0 saturated heterocycles. The zero-order valence-electron chi connectivity index (χ0n) is 12.8. The summed E-state index contributed by atoms with van der Waals surface area (Å²) in [4.78, 5) is 18.5. The van der Waals surface area contributed by atoms with Crippen LogP contribution in [-0.4, -0.2) is 19.6 Å². The van der Waals surface area contributed by atoms with E-state index in [-0.39, 0.29) is 11.0 Å². The Morgan fingerprint density at radius 1 is 1.21 bits per heavy atom. The molecule has 0 aromatic carbocycles. The van der Waals surface area contributed by atoms with Gasteiger partial charge in [0.05, 0.1) is 0 Å². The summed E-state index contributed by atoms with van der Waals surface area (Å²) in [6.45, 7) is 14.1. The third-order valence-corrected chi connectivity index (χ3v) is 2.36. The van der Waals surface area contributed by atoms with Gasteiger partial charge < -0.3 is 4.98 Å². The van der Waals surface area contributed by atoms with Gasteiger partial charge in [0.25, 0.3) is 5.56 Å². The molecular formula is C13H24N4OS. The summed E-state index contributed by atoms with van der Waals surface area (Å²) in [6, 6.07) is 1.46. The Morgan fingerprint density at radius 3 is 2.21 bits per heavy atom. The highest BCUT2D eigenvalue weighted by atomic mass is 32.1. The zero-order chi connectivity index (χ0) is 15.2. The van der Waals surface area contributed by atoms with Gasteiger partial charge in [0.15, 0.2) is 0 Å². The zero-order valence-corrected chi connectivity index (χ0v) is 13.6. The summed E-state index contributed by atoms with van der Waals surface area (Å²) in [5.74, 6) is 0.770. The van der Waals surface area contributed by atoms with Crippen LogP contribution in [0.3, 0.4) is 0 Å². The minimum Gasteiger partial charge on any atom is -0.328 e. The van der Waals surface area contributed by atoms with Gasteiger partial charge in [-0.25, -0.2) is 9.50 Å². The highest BCUT2D eigenvalue weighted by Gasteiger charge is 2.17. The lowest BCUT2D eigenvalue weighted by Crippen LogP contribution is -2.17. The third-order valence-electron chi connectivity index (χ3n) is 2.09. The minimum atomic E-state index is -0.190. The Labute approximate surface area is 119 Å². The SMILES string of the molecule is CC.CC.CC(C)(C)c1nc(=S)n2[nH]c(=O)cc2[nH]1. The molecule has 0 fully saturated rings. The van der Waals surface area contributed by atoms with Crippen LogP contribution in [0.1, 0.15) is 54.3 Å². The van der Waals surface area contributed by atoms with Gasteiger partial charge in [-0.2, -0.15) is 0 Å². The van der Waals surface area contributed by atoms with Gasteiger partial charge in [-0.05, 0) is 12.2 Å². The summed E-state index contributed by atoms with van der Waals surface area (Å²) < 4.78 is 1.82. The molecule has 0 aliphatic heterocycles. The molecule has 0 aliphatic carbocycles. The first-order chi connectivity index (χ1) is 8.88. The van der Waals surface area contributed by atoms with Crippen molar-refractivity contribution < 1.29 is 0 Å². The van der Waals surface area contributed by atoms with E-state index >= 15 is 0 Å². The molecule has 0 atom stereocenters. The summed E-state index contributed by atoms with van der Waals surface area (Å²) in [7, 11) is 0. The molecule has 0 aliphatic rings. The molecule has 108 valence electrons. The van der Waals surface area contributed by atoms with Crippen molar-refractivity contribution in [3.63, 3.8) is 0 Å². The molecule has 0 unspecified atom stereocenters. The lowest BCUT2D eigenvalue weighted by molar-refractivity contribution is 0.540. The fourth-order valence-corrected chi connectivity index (χ4v) is 1.52. The maximum Gasteiger partial charge on any atom is 0.266 e. The van der Waals surface area contributed by atoms with Gasteiger partial charge in [0.1, 0.15) is 11.5 Å². The fourth-order valence-electron chi connectivity index (χ4n) is 1.28. The number of fused-ring (bicyclic) bond motifs is 1. The predicted octanol–water partition coefficient (Wildman–Crippen LogP) is 3.43. The molecule has 0 radical (unpaired) electrons. The Balaban J connectivity index is 0.000000741. The van der Waals surface area contributed by atoms with Crippen molar-refractivity contribution in [2.75, 3.05) is 0 Å². The first-order valence-corrected chi connectivity index (χ1v) is 7.01. The van der Waals surface area contributed by atoms with E-state index in [1.165, 1.54) is 10.6 Å². The van der Waals surface area contributed by atoms with Crippen LogP contribution in [0.25, 0.3) is 5.65 Å². The lowest BCUT2D eigenvalue weighted by atomic mass is 9.96. The fraction of sp³-hybridized carbons (Fsp3) is 0.615. The molecule has 19 heavy (non-hydrogen) atoms. The standard InChI is InChI=1S/C9H12N4OS.2C2H6/c1-9(2,3)7-10-5-4-6(14)12-13(5)8(15)11-7;2*1-2/h4H,1-3H3,(H,12,14)(H,10,11,15);2*1-2H3. The highest BCUT2D eigenvalue weighted by Crippen LogP contribution is 2.17. The van der Waals surface area contributed by atoms with Crippen molar-refractivity contribution in [3.8, 4) is 0 Å². The molecule has 2 N–H and O–H groups in total. The van der Waals surface area contributed by atoms with E-state index in [0.29, 0.717) is 10.4 Å². The van der Waals surface area contributed by atoms with Crippen LogP contribution >= 0.6 is 12.2 Å². The Kier molecular flexibility index (Phi) is 6.69. The van der Waals surface area contributed by atoms with E-state index in [9.17, 15) is 4.79 Å². The van der Waals surface area contributed by atoms with Crippen LogP contribution < -0.4 is 5.56 Å². The second-order valence-corrected chi connectivity index (χ2v) is 4.82. The summed E-state index contributed by atoms with van der Waals surface area (Å²) in [5, 5.41) is 2.57. The van der Waals surface area contributed by atoms with Gasteiger partial charge >= 0.3 is 0 Å². The third kappa shape index (κ3) is 4.31. The van der Waals surface area contributed by atoms with Gasteiger partial charge in [-0.1, -0.05) is 48.5 Å². The van der Waals surface area contributed by atoms with Crippen molar-refractivity contribution in [1.29, 1.82) is 0 Å². The van der Waals surface area contributed by atoms with Gasteiger partial charge in [-0.15, -0.1) is 0 Å². The van der Waals surface area contributed by atoms with Crippen LogP contribution in [0.15, 0.2) is 10.9 Å². The number of nitrogens with one attached hydrogen (secondary N) is 2. The van der Waals surface area contributed by atoms with Gasteiger partial charge in [0, 0.05) is 11.5 Å². The van der Waals surface area contributed by atoms with Crippen LogP contribution in [0.4, 0.5) is 0 Å². The van der Waals surface area contributed by atoms with Crippen molar-refractivity contribution in [2.24, 2.45) is 0 Å². The molecule has 0 spiro atoms. The lowest BCUT2D eigenvalue weighted by Gasteiger charge is -2.17. The first-order valence-electron chi connectivity index (χ1n) is 6.60. The smallest absolute Gasteiger partial charge is 0.266 e. The summed E-state index contributed by atoms with van der Waals surface area (Å²) in [6.07, 6.45) is 0. The summed E-state index contributed by atoms with van der Waals surface area (Å²) >= 11 is 5.09. The minimum absolute atomic E-state index is 0.122. The maximum absolute atomic E-state index is 11.1. The molecule has 0 bridgehead atoms. The number of aromatic nitrogens is 4. The molecule has 6 heteroatoms. The molecule has 2 heterocycles. The van der Waals surface area contributed by atoms with E-state index < -0.39 is 0 Å². The van der Waals surface area contributed by atoms with Crippen LogP contribution in [-0.2, 0) is 5.41 Å². The van der Waals surface area contributed by atoms with E-state index in [0.717, 1.165) is 5.82 Å². The molecule has 0 saturated carbocycles. The quantitative estimate of drug-likeness (QED) is 0.728. The average molecular weight is 284 g/mol. The van der Waals surface area contributed by atoms with E-state index in [2.05, 4.69) is 15.1 Å². The number of aromatic amines is 2. The van der Waals surface area contributed by atoms with Crippen molar-refractivity contribution in [1.82, 2.24) is 19.6 Å².